The standard InChI is InChI=1S/C24H40N4O5/c1-16(2)18(15-20(29)26-17-9-4-7-13-25-21(17)30)27-23(32)24(11-5-3-6-12-24)28-22(31)19-10-8-14-33-19/h16-19H,3-15H2,1-2H3,(H,25,30)(H,26,29)(H,27,32)(H,28,31)/t17-,18+,19+/m0/s1. The minimum atomic E-state index is -0.966. The van der Waals surface area contributed by atoms with Gasteiger partial charge in [0, 0.05) is 25.6 Å². The summed E-state index contributed by atoms with van der Waals surface area (Å²) in [4.78, 5) is 51.2. The van der Waals surface area contributed by atoms with E-state index in [9.17, 15) is 19.2 Å². The van der Waals surface area contributed by atoms with Crippen molar-refractivity contribution in [1.29, 1.82) is 0 Å². The Hall–Kier alpha value is -2.16. The highest BCUT2D eigenvalue weighted by atomic mass is 16.5. The van der Waals surface area contributed by atoms with Crippen molar-refractivity contribution in [2.75, 3.05) is 13.2 Å². The zero-order valence-corrected chi connectivity index (χ0v) is 20.0. The number of amides is 4. The second-order valence-electron chi connectivity index (χ2n) is 10.1. The van der Waals surface area contributed by atoms with Gasteiger partial charge in [-0.25, -0.2) is 0 Å². The molecule has 3 rings (SSSR count). The predicted molar refractivity (Wildman–Crippen MR) is 123 cm³/mol. The number of hydrogen-bond acceptors (Lipinski definition) is 5. The van der Waals surface area contributed by atoms with Gasteiger partial charge in [0.05, 0.1) is 0 Å². The molecule has 0 aromatic carbocycles. The van der Waals surface area contributed by atoms with Crippen LogP contribution in [0.25, 0.3) is 0 Å². The van der Waals surface area contributed by atoms with Crippen LogP contribution in [0.4, 0.5) is 0 Å². The maximum atomic E-state index is 13.5. The number of carbonyl (C=O) groups is 4. The van der Waals surface area contributed by atoms with Gasteiger partial charge in [0.15, 0.2) is 0 Å². The van der Waals surface area contributed by atoms with E-state index in [1.807, 2.05) is 13.8 Å². The molecule has 2 aliphatic heterocycles. The molecular weight excluding hydrogens is 424 g/mol. The summed E-state index contributed by atoms with van der Waals surface area (Å²) in [5.74, 6) is -0.840. The molecule has 4 N–H and O–H groups in total. The van der Waals surface area contributed by atoms with E-state index in [1.165, 1.54) is 0 Å². The Kier molecular flexibility index (Phi) is 9.11. The highest BCUT2D eigenvalue weighted by Crippen LogP contribution is 2.30. The van der Waals surface area contributed by atoms with Crippen molar-refractivity contribution in [2.24, 2.45) is 5.92 Å². The highest BCUT2D eigenvalue weighted by molar-refractivity contribution is 5.93. The SMILES string of the molecule is CC(C)[C@@H](CC(=O)N[C@H]1CCCCNC1=O)NC(=O)C1(NC(=O)[C@H]2CCCO2)CCCCC1. The van der Waals surface area contributed by atoms with Gasteiger partial charge in [-0.2, -0.15) is 0 Å². The molecule has 0 radical (unpaired) electrons. The lowest BCUT2D eigenvalue weighted by molar-refractivity contribution is -0.140. The molecule has 0 unspecified atom stereocenters. The van der Waals surface area contributed by atoms with E-state index in [4.69, 9.17) is 4.74 Å². The molecule has 33 heavy (non-hydrogen) atoms. The van der Waals surface area contributed by atoms with E-state index < -0.39 is 23.7 Å². The lowest BCUT2D eigenvalue weighted by Gasteiger charge is -2.38. The van der Waals surface area contributed by atoms with Crippen LogP contribution in [-0.4, -0.2) is 60.5 Å². The van der Waals surface area contributed by atoms with E-state index in [2.05, 4.69) is 21.3 Å². The highest BCUT2D eigenvalue weighted by Gasteiger charge is 2.43. The lowest BCUT2D eigenvalue weighted by atomic mass is 9.80. The Labute approximate surface area is 196 Å². The zero-order valence-electron chi connectivity index (χ0n) is 20.0. The maximum absolute atomic E-state index is 13.5. The van der Waals surface area contributed by atoms with Crippen LogP contribution in [-0.2, 0) is 23.9 Å². The average molecular weight is 465 g/mol. The van der Waals surface area contributed by atoms with Crippen molar-refractivity contribution in [1.82, 2.24) is 21.3 Å². The summed E-state index contributed by atoms with van der Waals surface area (Å²) in [6, 6.07) is -0.927. The Morgan fingerprint density at radius 3 is 2.48 bits per heavy atom. The fraction of sp³-hybridized carbons (Fsp3) is 0.833. The molecule has 1 saturated carbocycles. The quantitative estimate of drug-likeness (QED) is 0.431. The molecular formula is C24H40N4O5. The summed E-state index contributed by atoms with van der Waals surface area (Å²) in [6.07, 6.45) is 7.44. The lowest BCUT2D eigenvalue weighted by Crippen LogP contribution is -2.63. The van der Waals surface area contributed by atoms with Gasteiger partial charge in [-0.15, -0.1) is 0 Å². The molecule has 0 aromatic rings. The topological polar surface area (TPSA) is 126 Å². The van der Waals surface area contributed by atoms with Crippen molar-refractivity contribution in [3.63, 3.8) is 0 Å². The van der Waals surface area contributed by atoms with Gasteiger partial charge < -0.3 is 26.0 Å². The van der Waals surface area contributed by atoms with Crippen molar-refractivity contribution >= 4 is 23.6 Å². The van der Waals surface area contributed by atoms with E-state index in [-0.39, 0.29) is 36.0 Å². The predicted octanol–water partition coefficient (Wildman–Crippen LogP) is 1.30. The average Bonchev–Trinajstić information content (AvgIpc) is 3.26. The molecule has 2 heterocycles. The Morgan fingerprint density at radius 2 is 1.82 bits per heavy atom. The van der Waals surface area contributed by atoms with Gasteiger partial charge >= 0.3 is 0 Å². The van der Waals surface area contributed by atoms with E-state index in [0.29, 0.717) is 38.8 Å². The van der Waals surface area contributed by atoms with Crippen LogP contribution in [0.1, 0.15) is 84.5 Å². The number of carbonyl (C=O) groups excluding carboxylic acids is 4. The molecule has 1 aliphatic carbocycles. The second kappa shape index (κ2) is 11.8. The van der Waals surface area contributed by atoms with Gasteiger partial charge in [-0.3, -0.25) is 19.2 Å². The third-order valence-corrected chi connectivity index (χ3v) is 7.12. The fourth-order valence-electron chi connectivity index (χ4n) is 4.95. The van der Waals surface area contributed by atoms with E-state index in [1.54, 1.807) is 0 Å². The van der Waals surface area contributed by atoms with Crippen molar-refractivity contribution in [3.8, 4) is 0 Å². The van der Waals surface area contributed by atoms with Gasteiger partial charge in [0.25, 0.3) is 0 Å². The number of hydrogen-bond donors (Lipinski definition) is 4. The molecule has 186 valence electrons. The third-order valence-electron chi connectivity index (χ3n) is 7.12. The zero-order chi connectivity index (χ0) is 23.8. The first-order valence-corrected chi connectivity index (χ1v) is 12.6. The van der Waals surface area contributed by atoms with Crippen LogP contribution in [0.5, 0.6) is 0 Å². The summed E-state index contributed by atoms with van der Waals surface area (Å²) in [5.41, 5.74) is -0.966. The van der Waals surface area contributed by atoms with Gasteiger partial charge in [0.2, 0.25) is 23.6 Å². The first-order chi connectivity index (χ1) is 15.8. The van der Waals surface area contributed by atoms with E-state index >= 15 is 0 Å². The van der Waals surface area contributed by atoms with E-state index in [0.717, 1.165) is 38.5 Å². The van der Waals surface area contributed by atoms with Crippen LogP contribution in [0, 0.1) is 5.92 Å². The Morgan fingerprint density at radius 1 is 1.06 bits per heavy atom. The molecule has 2 saturated heterocycles. The van der Waals surface area contributed by atoms with Gasteiger partial charge in [-0.1, -0.05) is 33.1 Å². The minimum absolute atomic E-state index is 0.0113. The van der Waals surface area contributed by atoms with Gasteiger partial charge in [-0.05, 0) is 50.9 Å². The largest absolute Gasteiger partial charge is 0.368 e. The number of nitrogens with one attached hydrogen (secondary N) is 4. The van der Waals surface area contributed by atoms with Crippen LogP contribution < -0.4 is 21.3 Å². The van der Waals surface area contributed by atoms with Crippen LogP contribution in [0.15, 0.2) is 0 Å². The maximum Gasteiger partial charge on any atom is 0.249 e. The first-order valence-electron chi connectivity index (χ1n) is 12.6. The van der Waals surface area contributed by atoms with Crippen molar-refractivity contribution in [2.45, 2.75) is 108 Å². The van der Waals surface area contributed by atoms with Crippen molar-refractivity contribution < 1.29 is 23.9 Å². The Bertz CT molecular complexity index is 714. The fourth-order valence-corrected chi connectivity index (χ4v) is 4.95. The smallest absolute Gasteiger partial charge is 0.249 e. The third kappa shape index (κ3) is 6.91. The summed E-state index contributed by atoms with van der Waals surface area (Å²) >= 11 is 0. The molecule has 9 heteroatoms. The summed E-state index contributed by atoms with van der Waals surface area (Å²) in [5, 5.41) is 11.7. The normalized spacial score (nSPS) is 26.1. The summed E-state index contributed by atoms with van der Waals surface area (Å²) < 4.78 is 5.51. The summed E-state index contributed by atoms with van der Waals surface area (Å²) in [6.45, 7) is 5.11. The molecule has 3 atom stereocenters. The first kappa shape index (κ1) is 25.5. The molecule has 0 spiro atoms. The summed E-state index contributed by atoms with van der Waals surface area (Å²) in [7, 11) is 0. The number of rotatable bonds is 8. The molecule has 0 bridgehead atoms. The molecule has 3 aliphatic rings. The Balaban J connectivity index is 1.63. The monoisotopic (exact) mass is 464 g/mol. The minimum Gasteiger partial charge on any atom is -0.368 e. The van der Waals surface area contributed by atoms with Crippen LogP contribution >= 0.6 is 0 Å². The van der Waals surface area contributed by atoms with Gasteiger partial charge in [0.1, 0.15) is 17.7 Å². The number of ether oxygens (including phenoxy) is 1. The van der Waals surface area contributed by atoms with Crippen LogP contribution in [0.2, 0.25) is 0 Å². The molecule has 4 amide bonds. The second-order valence-corrected chi connectivity index (χ2v) is 10.1. The molecule has 0 aromatic heterocycles. The molecule has 9 nitrogen and oxygen atoms in total. The molecule has 3 fully saturated rings. The van der Waals surface area contributed by atoms with Crippen LogP contribution in [0.3, 0.4) is 0 Å². The van der Waals surface area contributed by atoms with Crippen molar-refractivity contribution in [3.05, 3.63) is 0 Å².